The minimum absolute atomic E-state index is 0.00197. The van der Waals surface area contributed by atoms with Crippen LogP contribution in [0.3, 0.4) is 0 Å². The van der Waals surface area contributed by atoms with Gasteiger partial charge in [0.1, 0.15) is 12.4 Å². The predicted octanol–water partition coefficient (Wildman–Crippen LogP) is 5.43. The Hall–Kier alpha value is -3.39. The summed E-state index contributed by atoms with van der Waals surface area (Å²) in [6.45, 7) is 3.75. The van der Waals surface area contributed by atoms with Gasteiger partial charge in [-0.05, 0) is 49.4 Å². The highest BCUT2D eigenvalue weighted by Crippen LogP contribution is 2.35. The second-order valence-corrected chi connectivity index (χ2v) is 8.56. The number of halogens is 1. The van der Waals surface area contributed by atoms with Gasteiger partial charge < -0.3 is 9.88 Å². The van der Waals surface area contributed by atoms with Gasteiger partial charge in [-0.3, -0.25) is 19.3 Å². The number of benzene rings is 2. The normalized spacial score (nSPS) is 16.2. The Balaban J connectivity index is 1.57. The third kappa shape index (κ3) is 4.18. The molecular formula is C24H22FN3O3S. The van der Waals surface area contributed by atoms with Gasteiger partial charge in [0, 0.05) is 28.7 Å². The number of amides is 3. The van der Waals surface area contributed by atoms with Crippen molar-refractivity contribution in [1.82, 2.24) is 9.47 Å². The molecule has 1 aromatic heterocycles. The Bertz CT molecular complexity index is 1250. The molecule has 32 heavy (non-hydrogen) atoms. The second-order valence-electron chi connectivity index (χ2n) is 7.56. The fourth-order valence-corrected chi connectivity index (χ4v) is 4.41. The van der Waals surface area contributed by atoms with E-state index in [0.717, 1.165) is 39.5 Å². The van der Waals surface area contributed by atoms with Gasteiger partial charge in [0.05, 0.1) is 10.6 Å². The number of hydrogen-bond acceptors (Lipinski definition) is 4. The molecule has 2 heterocycles. The first-order valence-corrected chi connectivity index (χ1v) is 11.1. The maximum Gasteiger partial charge on any atom is 0.294 e. The van der Waals surface area contributed by atoms with Crippen LogP contribution in [-0.4, -0.2) is 33.1 Å². The van der Waals surface area contributed by atoms with E-state index in [4.69, 9.17) is 0 Å². The maximum atomic E-state index is 13.8. The van der Waals surface area contributed by atoms with Crippen LogP contribution in [0, 0.1) is 5.82 Å². The number of rotatable bonds is 6. The molecule has 1 N–H and O–H groups in total. The molecule has 1 fully saturated rings. The highest BCUT2D eigenvalue weighted by atomic mass is 32.2. The molecule has 0 spiro atoms. The van der Waals surface area contributed by atoms with E-state index in [0.29, 0.717) is 0 Å². The van der Waals surface area contributed by atoms with Crippen LogP contribution in [0.25, 0.3) is 17.0 Å². The lowest BCUT2D eigenvalue weighted by Crippen LogP contribution is -2.36. The lowest BCUT2D eigenvalue weighted by molar-refractivity contribution is -0.127. The van der Waals surface area contributed by atoms with Crippen LogP contribution in [0.4, 0.5) is 14.9 Å². The number of carbonyl (C=O) groups is 3. The Morgan fingerprint density at radius 1 is 1.16 bits per heavy atom. The molecule has 0 aliphatic carbocycles. The monoisotopic (exact) mass is 451 g/mol. The molecule has 6 nitrogen and oxygen atoms in total. The zero-order valence-corrected chi connectivity index (χ0v) is 18.5. The van der Waals surface area contributed by atoms with E-state index < -0.39 is 29.4 Å². The molecule has 1 aliphatic heterocycles. The van der Waals surface area contributed by atoms with E-state index >= 15 is 0 Å². The first-order valence-electron chi connectivity index (χ1n) is 10.3. The average Bonchev–Trinajstić information content (AvgIpc) is 3.28. The van der Waals surface area contributed by atoms with Crippen LogP contribution in [-0.2, 0) is 9.59 Å². The largest absolute Gasteiger partial charge is 0.344 e. The summed E-state index contributed by atoms with van der Waals surface area (Å²) >= 11 is 0.795. The molecule has 4 rings (SSSR count). The number of para-hydroxylation sites is 2. The van der Waals surface area contributed by atoms with Crippen molar-refractivity contribution in [2.45, 2.75) is 26.3 Å². The van der Waals surface area contributed by atoms with Crippen LogP contribution in [0.2, 0.25) is 0 Å². The van der Waals surface area contributed by atoms with Gasteiger partial charge in [0.15, 0.2) is 0 Å². The predicted molar refractivity (Wildman–Crippen MR) is 125 cm³/mol. The molecule has 164 valence electrons. The van der Waals surface area contributed by atoms with Gasteiger partial charge in [0.2, 0.25) is 5.91 Å². The van der Waals surface area contributed by atoms with Gasteiger partial charge in [-0.25, -0.2) is 4.39 Å². The quantitative estimate of drug-likeness (QED) is 0.508. The summed E-state index contributed by atoms with van der Waals surface area (Å²) in [7, 11) is 0. The number of imide groups is 1. The van der Waals surface area contributed by atoms with Crippen LogP contribution in [0.5, 0.6) is 0 Å². The highest BCUT2D eigenvalue weighted by molar-refractivity contribution is 8.18. The van der Waals surface area contributed by atoms with E-state index in [1.165, 1.54) is 18.2 Å². The van der Waals surface area contributed by atoms with E-state index in [9.17, 15) is 18.8 Å². The van der Waals surface area contributed by atoms with Crippen LogP contribution in [0.15, 0.2) is 59.6 Å². The van der Waals surface area contributed by atoms with Crippen molar-refractivity contribution in [1.29, 1.82) is 0 Å². The number of hydrogen-bond donors (Lipinski definition) is 1. The summed E-state index contributed by atoms with van der Waals surface area (Å²) in [6, 6.07) is 13.9. The van der Waals surface area contributed by atoms with Crippen molar-refractivity contribution >= 4 is 51.5 Å². The van der Waals surface area contributed by atoms with Gasteiger partial charge in [-0.1, -0.05) is 37.3 Å². The smallest absolute Gasteiger partial charge is 0.294 e. The zero-order valence-electron chi connectivity index (χ0n) is 17.7. The van der Waals surface area contributed by atoms with Gasteiger partial charge in [0.25, 0.3) is 11.1 Å². The van der Waals surface area contributed by atoms with Gasteiger partial charge >= 0.3 is 0 Å². The number of nitrogens with zero attached hydrogens (tertiary/aromatic N) is 2. The van der Waals surface area contributed by atoms with Crippen molar-refractivity contribution in [2.24, 2.45) is 0 Å². The minimum atomic E-state index is -0.646. The Kier molecular flexibility index (Phi) is 6.14. The molecular weight excluding hydrogens is 429 g/mol. The molecule has 0 radical (unpaired) electrons. The SMILES string of the molecule is CC[C@@H](C)n1cc(/C=C2\SC(=O)N(CC(=O)Nc3ccccc3F)C2=O)c2ccccc21. The summed E-state index contributed by atoms with van der Waals surface area (Å²) in [5.74, 6) is -1.77. The van der Waals surface area contributed by atoms with Crippen LogP contribution < -0.4 is 5.32 Å². The molecule has 1 atom stereocenters. The average molecular weight is 452 g/mol. The highest BCUT2D eigenvalue weighted by Gasteiger charge is 2.36. The minimum Gasteiger partial charge on any atom is -0.344 e. The summed E-state index contributed by atoms with van der Waals surface area (Å²) in [6.07, 6.45) is 4.63. The molecule has 3 amide bonds. The Morgan fingerprint density at radius 2 is 1.88 bits per heavy atom. The molecule has 0 bridgehead atoms. The van der Waals surface area contributed by atoms with Crippen molar-refractivity contribution in [3.63, 3.8) is 0 Å². The number of carbonyl (C=O) groups excluding carboxylic acids is 3. The van der Waals surface area contributed by atoms with Gasteiger partial charge in [-0.15, -0.1) is 0 Å². The summed E-state index contributed by atoms with van der Waals surface area (Å²) in [5.41, 5.74) is 1.89. The number of nitrogens with one attached hydrogen (secondary N) is 1. The fourth-order valence-electron chi connectivity index (χ4n) is 3.58. The third-order valence-electron chi connectivity index (χ3n) is 5.45. The number of aromatic nitrogens is 1. The van der Waals surface area contributed by atoms with Crippen LogP contribution >= 0.6 is 11.8 Å². The first-order chi connectivity index (χ1) is 15.4. The lowest BCUT2D eigenvalue weighted by atomic mass is 10.1. The van der Waals surface area contributed by atoms with Crippen molar-refractivity contribution < 1.29 is 18.8 Å². The molecule has 3 aromatic rings. The van der Waals surface area contributed by atoms with E-state index in [-0.39, 0.29) is 16.6 Å². The second kappa shape index (κ2) is 9.00. The Labute approximate surface area is 189 Å². The van der Waals surface area contributed by atoms with Crippen molar-refractivity contribution in [3.8, 4) is 0 Å². The standard InChI is InChI=1S/C24H22FN3O3S/c1-3-15(2)27-13-16(17-8-4-7-11-20(17)27)12-21-23(30)28(24(31)32-21)14-22(29)26-19-10-6-5-9-18(19)25/h4-13,15H,3,14H2,1-2H3,(H,26,29)/b21-12-/t15-/m1/s1. The number of anilines is 1. The van der Waals surface area contributed by atoms with Crippen molar-refractivity contribution in [2.75, 3.05) is 11.9 Å². The van der Waals surface area contributed by atoms with E-state index in [2.05, 4.69) is 23.7 Å². The fraction of sp³-hybridized carbons (Fsp3) is 0.208. The molecule has 1 aliphatic rings. The summed E-state index contributed by atoms with van der Waals surface area (Å²) < 4.78 is 15.9. The van der Waals surface area contributed by atoms with Gasteiger partial charge in [-0.2, -0.15) is 0 Å². The summed E-state index contributed by atoms with van der Waals surface area (Å²) in [4.78, 5) is 38.7. The molecule has 0 unspecified atom stereocenters. The zero-order chi connectivity index (χ0) is 22.8. The van der Waals surface area contributed by atoms with Crippen molar-refractivity contribution in [3.05, 3.63) is 71.0 Å². The lowest BCUT2D eigenvalue weighted by Gasteiger charge is -2.12. The molecule has 8 heteroatoms. The van der Waals surface area contributed by atoms with Crippen LogP contribution in [0.1, 0.15) is 31.9 Å². The first kappa shape index (κ1) is 21.8. The summed E-state index contributed by atoms with van der Waals surface area (Å²) in [5, 5.41) is 2.85. The maximum absolute atomic E-state index is 13.8. The third-order valence-corrected chi connectivity index (χ3v) is 6.35. The van der Waals surface area contributed by atoms with E-state index in [1.807, 2.05) is 30.5 Å². The topological polar surface area (TPSA) is 71.4 Å². The molecule has 2 aromatic carbocycles. The number of fused-ring (bicyclic) bond motifs is 1. The van der Waals surface area contributed by atoms with E-state index in [1.54, 1.807) is 12.1 Å². The molecule has 0 saturated carbocycles. The Morgan fingerprint density at radius 3 is 2.62 bits per heavy atom. The molecule has 1 saturated heterocycles. The number of thioether (sulfide) groups is 1.